The van der Waals surface area contributed by atoms with Crippen LogP contribution in [0.4, 0.5) is 0 Å². The summed E-state index contributed by atoms with van der Waals surface area (Å²) in [4.78, 5) is 2.55. The van der Waals surface area contributed by atoms with Gasteiger partial charge in [0.05, 0.1) is 7.11 Å². The summed E-state index contributed by atoms with van der Waals surface area (Å²) in [6, 6.07) is 9.60. The van der Waals surface area contributed by atoms with E-state index in [1.54, 1.807) is 7.11 Å². The normalized spacial score (nSPS) is 23.7. The Morgan fingerprint density at radius 3 is 2.26 bits per heavy atom. The Bertz CT molecular complexity index is 359. The summed E-state index contributed by atoms with van der Waals surface area (Å²) in [5.41, 5.74) is 1.38. The van der Waals surface area contributed by atoms with Gasteiger partial charge in [-0.1, -0.05) is 12.1 Å². The molecule has 0 saturated carbocycles. The van der Waals surface area contributed by atoms with Gasteiger partial charge in [0.1, 0.15) is 5.75 Å². The van der Waals surface area contributed by atoms with E-state index in [-0.39, 0.29) is 12.4 Å². The molecular formula is C15H25ClN2O. The van der Waals surface area contributed by atoms with Crippen molar-refractivity contribution in [3.63, 3.8) is 0 Å². The van der Waals surface area contributed by atoms with Crippen LogP contribution in [0.3, 0.4) is 0 Å². The second-order valence-corrected chi connectivity index (χ2v) is 5.33. The van der Waals surface area contributed by atoms with Crippen LogP contribution in [0.15, 0.2) is 24.3 Å². The van der Waals surface area contributed by atoms with Gasteiger partial charge in [0.25, 0.3) is 0 Å². The molecule has 0 radical (unpaired) electrons. The Morgan fingerprint density at radius 2 is 1.74 bits per heavy atom. The Morgan fingerprint density at radius 1 is 1.16 bits per heavy atom. The van der Waals surface area contributed by atoms with Gasteiger partial charge in [-0.05, 0) is 38.0 Å². The molecule has 1 heterocycles. The van der Waals surface area contributed by atoms with Gasteiger partial charge in [0.2, 0.25) is 0 Å². The Balaban J connectivity index is 0.00000180. The van der Waals surface area contributed by atoms with Crippen molar-refractivity contribution in [1.29, 1.82) is 0 Å². The van der Waals surface area contributed by atoms with Crippen molar-refractivity contribution in [3.8, 4) is 5.75 Å². The highest BCUT2D eigenvalue weighted by Crippen LogP contribution is 2.12. The van der Waals surface area contributed by atoms with E-state index in [4.69, 9.17) is 4.74 Å². The number of piperazine rings is 1. The van der Waals surface area contributed by atoms with E-state index in [0.29, 0.717) is 12.1 Å². The van der Waals surface area contributed by atoms with E-state index >= 15 is 0 Å². The molecule has 0 aromatic heterocycles. The summed E-state index contributed by atoms with van der Waals surface area (Å²) < 4.78 is 5.17. The average molecular weight is 285 g/mol. The van der Waals surface area contributed by atoms with Gasteiger partial charge in [0.15, 0.2) is 0 Å². The number of nitrogens with zero attached hydrogens (tertiary/aromatic N) is 1. The number of ether oxygens (including phenoxy) is 1. The monoisotopic (exact) mass is 284 g/mol. The van der Waals surface area contributed by atoms with Gasteiger partial charge in [0, 0.05) is 31.7 Å². The summed E-state index contributed by atoms with van der Waals surface area (Å²) in [7, 11) is 1.71. The fourth-order valence-electron chi connectivity index (χ4n) is 2.70. The van der Waals surface area contributed by atoms with E-state index in [2.05, 4.69) is 36.2 Å². The first-order valence-electron chi connectivity index (χ1n) is 6.78. The molecule has 19 heavy (non-hydrogen) atoms. The standard InChI is InChI=1S/C15H24N2O.ClH/c1-12-10-17(11-13(2)16-12)9-8-14-4-6-15(18-3)7-5-14;/h4-7,12-13,16H,8-11H2,1-3H3;1H. The molecule has 0 aliphatic carbocycles. The number of methoxy groups -OCH3 is 1. The van der Waals surface area contributed by atoms with Crippen LogP contribution in [0.5, 0.6) is 5.75 Å². The molecule has 2 unspecified atom stereocenters. The van der Waals surface area contributed by atoms with Crippen LogP contribution in [0.25, 0.3) is 0 Å². The van der Waals surface area contributed by atoms with Crippen LogP contribution in [-0.2, 0) is 6.42 Å². The molecule has 0 amide bonds. The highest BCUT2D eigenvalue weighted by Gasteiger charge is 2.20. The van der Waals surface area contributed by atoms with Crippen LogP contribution in [0.1, 0.15) is 19.4 Å². The van der Waals surface area contributed by atoms with Gasteiger partial charge in [-0.15, -0.1) is 12.4 Å². The summed E-state index contributed by atoms with van der Waals surface area (Å²) >= 11 is 0. The minimum atomic E-state index is 0. The Hall–Kier alpha value is -0.770. The predicted octanol–water partition coefficient (Wildman–Crippen LogP) is 2.34. The summed E-state index contributed by atoms with van der Waals surface area (Å²) in [6.45, 7) is 7.97. The number of halogens is 1. The molecule has 1 aliphatic rings. The molecule has 1 N–H and O–H groups in total. The van der Waals surface area contributed by atoms with Crippen LogP contribution < -0.4 is 10.1 Å². The Kier molecular flexibility index (Phi) is 6.63. The lowest BCUT2D eigenvalue weighted by atomic mass is 10.1. The van der Waals surface area contributed by atoms with Crippen LogP contribution in [-0.4, -0.2) is 43.7 Å². The van der Waals surface area contributed by atoms with Crippen LogP contribution in [0.2, 0.25) is 0 Å². The molecule has 2 rings (SSSR count). The first-order valence-corrected chi connectivity index (χ1v) is 6.78. The first-order chi connectivity index (χ1) is 8.67. The third kappa shape index (κ3) is 5.01. The SMILES string of the molecule is COc1ccc(CCN2CC(C)NC(C)C2)cc1.Cl. The molecule has 108 valence electrons. The number of hydrogen-bond donors (Lipinski definition) is 1. The van der Waals surface area contributed by atoms with Crippen molar-refractivity contribution < 1.29 is 4.74 Å². The zero-order valence-electron chi connectivity index (χ0n) is 12.1. The van der Waals surface area contributed by atoms with E-state index in [9.17, 15) is 0 Å². The van der Waals surface area contributed by atoms with E-state index in [1.807, 2.05) is 12.1 Å². The van der Waals surface area contributed by atoms with Crippen molar-refractivity contribution in [2.24, 2.45) is 0 Å². The van der Waals surface area contributed by atoms with Crippen molar-refractivity contribution in [1.82, 2.24) is 10.2 Å². The Labute approximate surface area is 122 Å². The third-order valence-corrected chi connectivity index (χ3v) is 3.51. The van der Waals surface area contributed by atoms with Crippen molar-refractivity contribution >= 4 is 12.4 Å². The zero-order chi connectivity index (χ0) is 13.0. The fourth-order valence-corrected chi connectivity index (χ4v) is 2.70. The first kappa shape index (κ1) is 16.3. The predicted molar refractivity (Wildman–Crippen MR) is 82.4 cm³/mol. The molecule has 1 aromatic rings. The maximum absolute atomic E-state index is 5.17. The average Bonchev–Trinajstić information content (AvgIpc) is 2.36. The lowest BCUT2D eigenvalue weighted by molar-refractivity contribution is 0.175. The molecule has 3 nitrogen and oxygen atoms in total. The summed E-state index contributed by atoms with van der Waals surface area (Å²) in [5, 5.41) is 3.56. The minimum absolute atomic E-state index is 0. The third-order valence-electron chi connectivity index (χ3n) is 3.51. The maximum Gasteiger partial charge on any atom is 0.118 e. The van der Waals surface area contributed by atoms with Gasteiger partial charge in [-0.2, -0.15) is 0 Å². The molecule has 2 atom stereocenters. The highest BCUT2D eigenvalue weighted by molar-refractivity contribution is 5.85. The van der Waals surface area contributed by atoms with Crippen LogP contribution in [0, 0.1) is 0 Å². The molecule has 1 saturated heterocycles. The summed E-state index contributed by atoms with van der Waals surface area (Å²) in [5.74, 6) is 0.933. The lowest BCUT2D eigenvalue weighted by Gasteiger charge is -2.36. The fraction of sp³-hybridized carbons (Fsp3) is 0.600. The minimum Gasteiger partial charge on any atom is -0.497 e. The molecule has 1 aromatic carbocycles. The summed E-state index contributed by atoms with van der Waals surface area (Å²) in [6.07, 6.45) is 1.11. The van der Waals surface area contributed by atoms with Gasteiger partial charge in [-0.3, -0.25) is 4.90 Å². The quantitative estimate of drug-likeness (QED) is 0.919. The van der Waals surface area contributed by atoms with Crippen molar-refractivity contribution in [3.05, 3.63) is 29.8 Å². The molecule has 1 aliphatic heterocycles. The number of nitrogens with one attached hydrogen (secondary N) is 1. The van der Waals surface area contributed by atoms with E-state index < -0.39 is 0 Å². The van der Waals surface area contributed by atoms with Gasteiger partial charge in [-0.25, -0.2) is 0 Å². The zero-order valence-corrected chi connectivity index (χ0v) is 12.9. The molecule has 1 fully saturated rings. The lowest BCUT2D eigenvalue weighted by Crippen LogP contribution is -2.54. The highest BCUT2D eigenvalue weighted by atomic mass is 35.5. The largest absolute Gasteiger partial charge is 0.497 e. The second kappa shape index (κ2) is 7.73. The van der Waals surface area contributed by atoms with Crippen LogP contribution >= 0.6 is 12.4 Å². The molecule has 4 heteroatoms. The smallest absolute Gasteiger partial charge is 0.118 e. The van der Waals surface area contributed by atoms with E-state index in [1.165, 1.54) is 5.56 Å². The van der Waals surface area contributed by atoms with Crippen molar-refractivity contribution in [2.75, 3.05) is 26.7 Å². The number of rotatable bonds is 4. The van der Waals surface area contributed by atoms with Crippen molar-refractivity contribution in [2.45, 2.75) is 32.4 Å². The topological polar surface area (TPSA) is 24.5 Å². The molecule has 0 bridgehead atoms. The molecule has 0 spiro atoms. The van der Waals surface area contributed by atoms with E-state index in [0.717, 1.165) is 31.8 Å². The van der Waals surface area contributed by atoms with Gasteiger partial charge >= 0.3 is 0 Å². The number of hydrogen-bond acceptors (Lipinski definition) is 3. The molecular weight excluding hydrogens is 260 g/mol. The number of benzene rings is 1. The maximum atomic E-state index is 5.17. The second-order valence-electron chi connectivity index (χ2n) is 5.33. The van der Waals surface area contributed by atoms with Gasteiger partial charge < -0.3 is 10.1 Å².